The minimum Gasteiger partial charge on any atom is -0.368 e. The number of halogens is 1. The number of nitrogens with one attached hydrogen (secondary N) is 1. The van der Waals surface area contributed by atoms with Crippen molar-refractivity contribution in [3.63, 3.8) is 0 Å². The number of allylic oxidation sites excluding steroid dienone is 1. The van der Waals surface area contributed by atoms with Gasteiger partial charge in [0.05, 0.1) is 6.33 Å². The zero-order valence-electron chi connectivity index (χ0n) is 13.8. The van der Waals surface area contributed by atoms with Gasteiger partial charge < -0.3 is 9.88 Å². The molecule has 0 aliphatic heterocycles. The number of anilines is 1. The highest BCUT2D eigenvalue weighted by molar-refractivity contribution is 5.82. The van der Waals surface area contributed by atoms with Gasteiger partial charge in [-0.05, 0) is 43.9 Å². The van der Waals surface area contributed by atoms with Crippen LogP contribution in [0.2, 0.25) is 0 Å². The Balaban J connectivity index is 1.56. The second-order valence-electron chi connectivity index (χ2n) is 6.80. The molecule has 1 aliphatic carbocycles. The van der Waals surface area contributed by atoms with Crippen molar-refractivity contribution in [1.82, 2.24) is 19.5 Å². The van der Waals surface area contributed by atoms with Crippen LogP contribution in [0, 0.1) is 17.9 Å². The van der Waals surface area contributed by atoms with Crippen LogP contribution in [-0.4, -0.2) is 26.1 Å². The highest BCUT2D eigenvalue weighted by Gasteiger charge is 2.20. The molecule has 23 heavy (non-hydrogen) atoms. The van der Waals surface area contributed by atoms with Crippen molar-refractivity contribution in [3.8, 4) is 0 Å². The summed E-state index contributed by atoms with van der Waals surface area (Å²) in [7, 11) is 1.79. The van der Waals surface area contributed by atoms with Gasteiger partial charge in [-0.1, -0.05) is 19.1 Å². The Hall–Kier alpha value is -1.98. The standard InChI is InChI=1S/C17H24FN5/c1-11-7-12(2)9-13(8-11)5-4-6-19-15-14-16(22-17(18)21-15)23(3)10-20-14/h10,12-13H,1,4-9H2,2-3H3,(H,19,21,22). The minimum atomic E-state index is -0.721. The van der Waals surface area contributed by atoms with Gasteiger partial charge in [0.15, 0.2) is 17.0 Å². The van der Waals surface area contributed by atoms with E-state index in [1.54, 1.807) is 17.9 Å². The Labute approximate surface area is 136 Å². The molecule has 0 spiro atoms. The Morgan fingerprint density at radius 1 is 1.39 bits per heavy atom. The van der Waals surface area contributed by atoms with Gasteiger partial charge in [0, 0.05) is 13.6 Å². The molecule has 0 radical (unpaired) electrons. The number of nitrogens with zero attached hydrogens (tertiary/aromatic N) is 4. The normalized spacial score (nSPS) is 21.8. The average molecular weight is 317 g/mol. The van der Waals surface area contributed by atoms with Crippen LogP contribution in [0.4, 0.5) is 10.2 Å². The van der Waals surface area contributed by atoms with Crippen LogP contribution in [-0.2, 0) is 7.05 Å². The van der Waals surface area contributed by atoms with Crippen LogP contribution in [0.25, 0.3) is 11.2 Å². The molecule has 124 valence electrons. The first-order chi connectivity index (χ1) is 11.0. The summed E-state index contributed by atoms with van der Waals surface area (Å²) in [5.41, 5.74) is 2.51. The summed E-state index contributed by atoms with van der Waals surface area (Å²) in [5, 5.41) is 3.21. The van der Waals surface area contributed by atoms with Crippen molar-refractivity contribution in [2.75, 3.05) is 11.9 Å². The van der Waals surface area contributed by atoms with E-state index in [1.807, 2.05) is 0 Å². The lowest BCUT2D eigenvalue weighted by Crippen LogP contribution is -2.16. The van der Waals surface area contributed by atoms with Crippen LogP contribution >= 0.6 is 0 Å². The SMILES string of the molecule is C=C1CC(C)CC(CCCNc2nc(F)nc3c2ncn3C)C1. The fourth-order valence-corrected chi connectivity index (χ4v) is 3.64. The summed E-state index contributed by atoms with van der Waals surface area (Å²) < 4.78 is 15.2. The summed E-state index contributed by atoms with van der Waals surface area (Å²) in [4.78, 5) is 11.9. The largest absolute Gasteiger partial charge is 0.368 e. The molecule has 2 unspecified atom stereocenters. The van der Waals surface area contributed by atoms with Gasteiger partial charge in [-0.25, -0.2) is 4.98 Å². The molecule has 2 aromatic rings. The third kappa shape index (κ3) is 3.68. The average Bonchev–Trinajstić information content (AvgIpc) is 2.84. The molecule has 1 aliphatic rings. The van der Waals surface area contributed by atoms with Gasteiger partial charge in [-0.3, -0.25) is 0 Å². The van der Waals surface area contributed by atoms with Crippen molar-refractivity contribution in [3.05, 3.63) is 24.6 Å². The quantitative estimate of drug-likeness (QED) is 0.519. The fraction of sp³-hybridized carbons (Fsp3) is 0.588. The second-order valence-corrected chi connectivity index (χ2v) is 6.80. The third-order valence-corrected chi connectivity index (χ3v) is 4.56. The van der Waals surface area contributed by atoms with Crippen molar-refractivity contribution in [2.24, 2.45) is 18.9 Å². The maximum absolute atomic E-state index is 13.5. The highest BCUT2D eigenvalue weighted by Crippen LogP contribution is 2.34. The van der Waals surface area contributed by atoms with Crippen molar-refractivity contribution in [2.45, 2.75) is 39.0 Å². The molecule has 0 amide bonds. The predicted molar refractivity (Wildman–Crippen MR) is 89.6 cm³/mol. The number of fused-ring (bicyclic) bond motifs is 1. The molecule has 0 aromatic carbocycles. The number of imidazole rings is 1. The van der Waals surface area contributed by atoms with Crippen LogP contribution in [0.15, 0.2) is 18.5 Å². The summed E-state index contributed by atoms with van der Waals surface area (Å²) >= 11 is 0. The molecule has 1 saturated carbocycles. The van der Waals surface area contributed by atoms with E-state index in [2.05, 4.69) is 33.8 Å². The molecule has 2 heterocycles. The van der Waals surface area contributed by atoms with Gasteiger partial charge >= 0.3 is 6.08 Å². The molecular weight excluding hydrogens is 293 g/mol. The first kappa shape index (κ1) is 15.9. The molecule has 0 saturated heterocycles. The minimum absolute atomic E-state index is 0.481. The molecule has 2 atom stereocenters. The van der Waals surface area contributed by atoms with E-state index >= 15 is 0 Å². The number of rotatable bonds is 5. The number of hydrogen-bond acceptors (Lipinski definition) is 4. The van der Waals surface area contributed by atoms with Crippen LogP contribution in [0.3, 0.4) is 0 Å². The van der Waals surface area contributed by atoms with Crippen molar-refractivity contribution in [1.29, 1.82) is 0 Å². The summed E-state index contributed by atoms with van der Waals surface area (Å²) in [6, 6.07) is 0. The van der Waals surface area contributed by atoms with Gasteiger partial charge in [-0.2, -0.15) is 14.4 Å². The van der Waals surface area contributed by atoms with E-state index in [4.69, 9.17) is 0 Å². The van der Waals surface area contributed by atoms with Crippen LogP contribution in [0.5, 0.6) is 0 Å². The van der Waals surface area contributed by atoms with Gasteiger partial charge in [0.25, 0.3) is 0 Å². The molecule has 5 nitrogen and oxygen atoms in total. The first-order valence-electron chi connectivity index (χ1n) is 8.28. The van der Waals surface area contributed by atoms with Crippen LogP contribution in [0.1, 0.15) is 39.0 Å². The zero-order valence-corrected chi connectivity index (χ0v) is 13.8. The topological polar surface area (TPSA) is 55.6 Å². The highest BCUT2D eigenvalue weighted by atomic mass is 19.1. The smallest absolute Gasteiger partial charge is 0.312 e. The number of aromatic nitrogens is 4. The summed E-state index contributed by atoms with van der Waals surface area (Å²) in [6.07, 6.45) is 6.70. The van der Waals surface area contributed by atoms with E-state index in [1.165, 1.54) is 18.4 Å². The summed E-state index contributed by atoms with van der Waals surface area (Å²) in [5.74, 6) is 1.96. The Bertz CT molecular complexity index is 708. The second kappa shape index (κ2) is 6.64. The van der Waals surface area contributed by atoms with Crippen molar-refractivity contribution >= 4 is 17.0 Å². The van der Waals surface area contributed by atoms with E-state index in [0.717, 1.165) is 37.6 Å². The lowest BCUT2D eigenvalue weighted by molar-refractivity contribution is 0.317. The van der Waals surface area contributed by atoms with E-state index < -0.39 is 6.08 Å². The van der Waals surface area contributed by atoms with Gasteiger partial charge in [0.2, 0.25) is 0 Å². The Kier molecular flexibility index (Phi) is 4.59. The lowest BCUT2D eigenvalue weighted by Gasteiger charge is -2.28. The molecule has 2 aromatic heterocycles. The Morgan fingerprint density at radius 2 is 2.22 bits per heavy atom. The Morgan fingerprint density at radius 3 is 3.00 bits per heavy atom. The zero-order chi connectivity index (χ0) is 16.4. The number of hydrogen-bond donors (Lipinski definition) is 1. The monoisotopic (exact) mass is 317 g/mol. The predicted octanol–water partition coefficient (Wildman–Crippen LogP) is 3.69. The molecule has 3 rings (SSSR count). The fourth-order valence-electron chi connectivity index (χ4n) is 3.64. The molecule has 0 bridgehead atoms. The molecule has 1 fully saturated rings. The molecule has 1 N–H and O–H groups in total. The molecular formula is C17H24FN5. The number of aryl methyl sites for hydroxylation is 1. The summed E-state index contributed by atoms with van der Waals surface area (Å²) in [6.45, 7) is 7.22. The maximum Gasteiger partial charge on any atom is 0.312 e. The maximum atomic E-state index is 13.5. The van der Waals surface area contributed by atoms with Crippen molar-refractivity contribution < 1.29 is 4.39 Å². The lowest BCUT2D eigenvalue weighted by atomic mass is 9.78. The third-order valence-electron chi connectivity index (χ3n) is 4.56. The first-order valence-corrected chi connectivity index (χ1v) is 8.28. The van der Waals surface area contributed by atoms with E-state index in [-0.39, 0.29) is 0 Å². The van der Waals surface area contributed by atoms with E-state index in [0.29, 0.717) is 17.0 Å². The molecule has 6 heteroatoms. The van der Waals surface area contributed by atoms with Crippen LogP contribution < -0.4 is 5.32 Å². The van der Waals surface area contributed by atoms with E-state index in [9.17, 15) is 4.39 Å². The van der Waals surface area contributed by atoms with Gasteiger partial charge in [0.1, 0.15) is 0 Å². The van der Waals surface area contributed by atoms with Gasteiger partial charge in [-0.15, -0.1) is 0 Å².